The Balaban J connectivity index is 1.29. The second kappa shape index (κ2) is 10.5. The van der Waals surface area contributed by atoms with E-state index < -0.39 is 23.2 Å². The number of amides is 2. The Morgan fingerprint density at radius 2 is 1.76 bits per heavy atom. The molecule has 0 spiro atoms. The Hall–Kier alpha value is -2.78. The van der Waals surface area contributed by atoms with Gasteiger partial charge >= 0.3 is 6.18 Å². The van der Waals surface area contributed by atoms with Gasteiger partial charge in [0, 0.05) is 45.0 Å². The first-order valence-electron chi connectivity index (χ1n) is 12.3. The number of alkyl halides is 3. The van der Waals surface area contributed by atoms with Crippen LogP contribution >= 0.6 is 11.6 Å². The average molecular weight is 538 g/mol. The lowest BCUT2D eigenvalue weighted by Crippen LogP contribution is -2.54. The average Bonchev–Trinajstić information content (AvgIpc) is 3.66. The maximum atomic E-state index is 13.7. The lowest BCUT2D eigenvalue weighted by atomic mass is 9.90. The molecule has 3 atom stereocenters. The zero-order valence-electron chi connectivity index (χ0n) is 20.8. The number of anilines is 1. The lowest BCUT2D eigenvalue weighted by molar-refractivity contribution is -0.257. The standard InChI is InChI=1S/C27H31ClF3N3O3/c1-33(2)24(35)21-9-8-20(15-23(21)28)34-12-10-17(11-13-34)22-14-18(22)16-32-25(36)26(37,27(29,30)31)19-6-4-3-5-7-19/h3-9,15,17-18,22,37H,10-14,16H2,1-2H3,(H,32,36)/t18-,22+,26?/m0/s1. The highest BCUT2D eigenvalue weighted by molar-refractivity contribution is 6.34. The lowest BCUT2D eigenvalue weighted by Gasteiger charge is -2.34. The molecule has 1 aliphatic heterocycles. The summed E-state index contributed by atoms with van der Waals surface area (Å²) in [4.78, 5) is 28.4. The van der Waals surface area contributed by atoms with Crippen LogP contribution < -0.4 is 10.2 Å². The van der Waals surface area contributed by atoms with Crippen LogP contribution in [0.25, 0.3) is 0 Å². The molecule has 1 aliphatic carbocycles. The van der Waals surface area contributed by atoms with Gasteiger partial charge in [-0.1, -0.05) is 41.9 Å². The molecular formula is C27H31ClF3N3O3. The normalized spacial score (nSPS) is 21.8. The largest absolute Gasteiger partial charge is 0.430 e. The molecule has 10 heteroatoms. The molecule has 2 N–H and O–H groups in total. The molecule has 2 aliphatic rings. The first kappa shape index (κ1) is 27.3. The quantitative estimate of drug-likeness (QED) is 0.547. The summed E-state index contributed by atoms with van der Waals surface area (Å²) in [5, 5.41) is 13.2. The van der Waals surface area contributed by atoms with Crippen LogP contribution in [0, 0.1) is 17.8 Å². The van der Waals surface area contributed by atoms with Gasteiger partial charge in [0.15, 0.2) is 0 Å². The van der Waals surface area contributed by atoms with Gasteiger partial charge in [-0.3, -0.25) is 9.59 Å². The van der Waals surface area contributed by atoms with Gasteiger partial charge in [0.25, 0.3) is 17.4 Å². The fraction of sp³-hybridized carbons (Fsp3) is 0.481. The topological polar surface area (TPSA) is 72.9 Å². The van der Waals surface area contributed by atoms with E-state index in [-0.39, 0.29) is 18.4 Å². The number of halogens is 4. The van der Waals surface area contributed by atoms with Crippen molar-refractivity contribution in [3.05, 3.63) is 64.7 Å². The molecule has 2 amide bonds. The zero-order chi connectivity index (χ0) is 27.0. The number of nitrogens with zero attached hydrogens (tertiary/aromatic N) is 2. The van der Waals surface area contributed by atoms with Crippen molar-refractivity contribution in [3.8, 4) is 0 Å². The molecule has 1 saturated carbocycles. The van der Waals surface area contributed by atoms with Crippen molar-refractivity contribution in [2.24, 2.45) is 17.8 Å². The van der Waals surface area contributed by atoms with Gasteiger partial charge in [-0.15, -0.1) is 0 Å². The van der Waals surface area contributed by atoms with Gasteiger partial charge in [0.05, 0.1) is 10.6 Å². The van der Waals surface area contributed by atoms with Crippen molar-refractivity contribution in [2.45, 2.75) is 31.0 Å². The van der Waals surface area contributed by atoms with E-state index >= 15 is 0 Å². The Bertz CT molecular complexity index is 1140. The van der Waals surface area contributed by atoms with Gasteiger partial charge in [-0.05, 0) is 55.2 Å². The number of hydrogen-bond acceptors (Lipinski definition) is 4. The van der Waals surface area contributed by atoms with E-state index in [4.69, 9.17) is 11.6 Å². The third-order valence-electron chi connectivity index (χ3n) is 7.53. The SMILES string of the molecule is CN(C)C(=O)c1ccc(N2CCC([C@H]3C[C@H]3CNC(=O)C(O)(c3ccccc3)C(F)(F)F)CC2)cc1Cl. The number of benzene rings is 2. The first-order chi connectivity index (χ1) is 17.4. The van der Waals surface area contributed by atoms with Gasteiger partial charge in [-0.25, -0.2) is 0 Å². The van der Waals surface area contributed by atoms with Gasteiger partial charge < -0.3 is 20.2 Å². The van der Waals surface area contributed by atoms with E-state index in [1.165, 1.54) is 23.1 Å². The number of rotatable bonds is 7. The minimum Gasteiger partial charge on any atom is -0.371 e. The Morgan fingerprint density at radius 3 is 2.32 bits per heavy atom. The highest BCUT2D eigenvalue weighted by Gasteiger charge is 2.61. The summed E-state index contributed by atoms with van der Waals surface area (Å²) in [5.41, 5.74) is -2.68. The monoisotopic (exact) mass is 537 g/mol. The number of carbonyl (C=O) groups excluding carboxylic acids is 2. The van der Waals surface area contributed by atoms with Crippen LogP contribution in [0.1, 0.15) is 35.2 Å². The first-order valence-corrected chi connectivity index (χ1v) is 12.7. The number of carbonyl (C=O) groups is 2. The second-order valence-electron chi connectivity index (χ2n) is 10.1. The molecular weight excluding hydrogens is 507 g/mol. The van der Waals surface area contributed by atoms with E-state index in [0.29, 0.717) is 22.4 Å². The molecule has 200 valence electrons. The van der Waals surface area contributed by atoms with Crippen LogP contribution in [0.4, 0.5) is 18.9 Å². The second-order valence-corrected chi connectivity index (χ2v) is 10.5. The number of nitrogens with one attached hydrogen (secondary N) is 1. The summed E-state index contributed by atoms with van der Waals surface area (Å²) in [7, 11) is 3.35. The molecule has 6 nitrogen and oxygen atoms in total. The minimum atomic E-state index is -5.14. The molecule has 2 aromatic carbocycles. The van der Waals surface area contributed by atoms with Crippen LogP contribution in [0.5, 0.6) is 0 Å². The summed E-state index contributed by atoms with van der Waals surface area (Å²) in [6.07, 6.45) is -2.47. The number of hydrogen-bond donors (Lipinski definition) is 2. The van der Waals surface area contributed by atoms with E-state index in [0.717, 1.165) is 50.2 Å². The Labute approximate surface area is 219 Å². The maximum absolute atomic E-state index is 13.7. The van der Waals surface area contributed by atoms with Crippen LogP contribution in [-0.2, 0) is 10.4 Å². The van der Waals surface area contributed by atoms with Gasteiger partial charge in [0.2, 0.25) is 0 Å². The summed E-state index contributed by atoms with van der Waals surface area (Å²) < 4.78 is 41.1. The van der Waals surface area contributed by atoms with Crippen molar-refractivity contribution in [3.63, 3.8) is 0 Å². The molecule has 0 bridgehead atoms. The molecule has 2 fully saturated rings. The Kier molecular flexibility index (Phi) is 7.76. The molecule has 1 saturated heterocycles. The van der Waals surface area contributed by atoms with Crippen LogP contribution in [-0.4, -0.2) is 61.7 Å². The molecule has 37 heavy (non-hydrogen) atoms. The molecule has 1 heterocycles. The zero-order valence-corrected chi connectivity index (χ0v) is 21.5. The van der Waals surface area contributed by atoms with Gasteiger partial charge in [-0.2, -0.15) is 13.2 Å². The summed E-state index contributed by atoms with van der Waals surface area (Å²) in [5.74, 6) is -0.750. The fourth-order valence-electron chi connectivity index (χ4n) is 5.24. The van der Waals surface area contributed by atoms with E-state index in [1.807, 2.05) is 12.1 Å². The fourth-order valence-corrected chi connectivity index (χ4v) is 5.49. The molecule has 4 rings (SSSR count). The predicted octanol–water partition coefficient (Wildman–Crippen LogP) is 4.46. The van der Waals surface area contributed by atoms with Crippen molar-refractivity contribution in [1.29, 1.82) is 0 Å². The highest BCUT2D eigenvalue weighted by Crippen LogP contribution is 2.48. The molecule has 1 unspecified atom stereocenters. The number of aliphatic hydroxyl groups is 1. The van der Waals surface area contributed by atoms with Crippen LogP contribution in [0.15, 0.2) is 48.5 Å². The summed E-state index contributed by atoms with van der Waals surface area (Å²) in [6.45, 7) is 1.71. The molecule has 2 aromatic rings. The van der Waals surface area contributed by atoms with Crippen molar-refractivity contribution >= 4 is 29.1 Å². The maximum Gasteiger partial charge on any atom is 0.430 e. The third-order valence-corrected chi connectivity index (χ3v) is 7.84. The van der Waals surface area contributed by atoms with E-state index in [1.54, 1.807) is 20.2 Å². The smallest absolute Gasteiger partial charge is 0.371 e. The third kappa shape index (κ3) is 5.57. The van der Waals surface area contributed by atoms with Crippen molar-refractivity contribution < 1.29 is 27.9 Å². The van der Waals surface area contributed by atoms with Crippen LogP contribution in [0.3, 0.4) is 0 Å². The predicted molar refractivity (Wildman–Crippen MR) is 135 cm³/mol. The minimum absolute atomic E-state index is 0.0968. The molecule has 0 radical (unpaired) electrons. The van der Waals surface area contributed by atoms with Crippen molar-refractivity contribution in [2.75, 3.05) is 38.6 Å². The van der Waals surface area contributed by atoms with Gasteiger partial charge in [0.1, 0.15) is 0 Å². The summed E-state index contributed by atoms with van der Waals surface area (Å²) in [6, 6.07) is 11.9. The highest BCUT2D eigenvalue weighted by atomic mass is 35.5. The van der Waals surface area contributed by atoms with Crippen LogP contribution in [0.2, 0.25) is 5.02 Å². The van der Waals surface area contributed by atoms with E-state index in [9.17, 15) is 27.9 Å². The van der Waals surface area contributed by atoms with Crippen molar-refractivity contribution in [1.82, 2.24) is 10.2 Å². The van der Waals surface area contributed by atoms with E-state index in [2.05, 4.69) is 10.2 Å². The Morgan fingerprint density at radius 1 is 1.11 bits per heavy atom. The molecule has 0 aromatic heterocycles. The summed E-state index contributed by atoms with van der Waals surface area (Å²) >= 11 is 6.36. The number of piperidine rings is 1.